The number of benzene rings is 4. The number of aromatic carboxylic acids is 1. The zero-order chi connectivity index (χ0) is 35.3. The smallest absolute Gasteiger partial charge is 0.870 e. The Labute approximate surface area is 312 Å². The zero-order valence-corrected chi connectivity index (χ0v) is 30.4. The number of hydrogen-bond acceptors (Lipinski definition) is 14. The number of carbonyl (C=O) groups is 2. The molecule has 2 aromatic heterocycles. The van der Waals surface area contributed by atoms with Crippen LogP contribution < -0.4 is 50.5 Å². The Hall–Kier alpha value is -5.12. The molecule has 20 heteroatoms. The van der Waals surface area contributed by atoms with Crippen LogP contribution in [0.1, 0.15) is 20.7 Å². The van der Waals surface area contributed by atoms with Gasteiger partial charge in [-0.25, -0.2) is 56.6 Å². The Morgan fingerprint density at radius 3 is 1.43 bits per heavy atom. The van der Waals surface area contributed by atoms with Gasteiger partial charge in [0.2, 0.25) is 31.9 Å². The minimum atomic E-state index is -3.74. The zero-order valence-electron chi connectivity index (χ0n) is 26.7. The molecule has 0 bridgehead atoms. The van der Waals surface area contributed by atoms with Gasteiger partial charge >= 0.3 is 41.5 Å². The largest absolute Gasteiger partial charge is 1.00 e. The van der Waals surface area contributed by atoms with Crippen LogP contribution in [0.15, 0.2) is 107 Å². The molecule has 0 aliphatic rings. The van der Waals surface area contributed by atoms with Crippen molar-refractivity contribution in [1.29, 1.82) is 0 Å². The number of nitrogens with zero attached hydrogens (tertiary/aromatic N) is 4. The third kappa shape index (κ3) is 10.4. The van der Waals surface area contributed by atoms with Gasteiger partial charge in [0.15, 0.2) is 0 Å². The SMILES string of the molecule is COC(=O)c1ccc2nc(Nc3ccc(S(N)(=O)=O)cc3)ncc2c1.NS(=O)(=O)c1ccc(Nc2ncc3cc(C(=O)O)ccc3n2)cc1.[Na+].[OH-]. The van der Waals surface area contributed by atoms with Gasteiger partial charge in [-0.3, -0.25) is 0 Å². The van der Waals surface area contributed by atoms with Crippen LogP contribution in [0.5, 0.6) is 0 Å². The minimum absolute atomic E-state index is 0. The van der Waals surface area contributed by atoms with Crippen molar-refractivity contribution in [3.05, 3.63) is 108 Å². The topological polar surface area (TPSA) is 290 Å². The van der Waals surface area contributed by atoms with E-state index < -0.39 is 32.0 Å². The van der Waals surface area contributed by atoms with Crippen molar-refractivity contribution in [2.24, 2.45) is 10.3 Å². The molecule has 2 heterocycles. The summed E-state index contributed by atoms with van der Waals surface area (Å²) in [5, 5.41) is 26.3. The van der Waals surface area contributed by atoms with E-state index in [0.29, 0.717) is 50.6 Å². The van der Waals surface area contributed by atoms with Gasteiger partial charge in [0.1, 0.15) is 0 Å². The van der Waals surface area contributed by atoms with Crippen LogP contribution in [0.3, 0.4) is 0 Å². The van der Waals surface area contributed by atoms with Crippen molar-refractivity contribution in [3.8, 4) is 0 Å². The monoisotopic (exact) mass is 742 g/mol. The summed E-state index contributed by atoms with van der Waals surface area (Å²) in [5.41, 5.74) is 3.00. The molecule has 51 heavy (non-hydrogen) atoms. The average Bonchev–Trinajstić information content (AvgIpc) is 3.07. The molecule has 17 nitrogen and oxygen atoms in total. The van der Waals surface area contributed by atoms with E-state index >= 15 is 0 Å². The first-order valence-corrected chi connectivity index (χ1v) is 16.9. The maximum atomic E-state index is 11.5. The summed E-state index contributed by atoms with van der Waals surface area (Å²) < 4.78 is 49.6. The van der Waals surface area contributed by atoms with Crippen LogP contribution in [0.4, 0.5) is 23.3 Å². The fourth-order valence-electron chi connectivity index (χ4n) is 4.28. The van der Waals surface area contributed by atoms with Gasteiger partial charge < -0.3 is 26.0 Å². The number of primary sulfonamides is 2. The summed E-state index contributed by atoms with van der Waals surface area (Å²) in [7, 11) is -6.15. The molecule has 4 aromatic carbocycles. The van der Waals surface area contributed by atoms with Crippen LogP contribution in [0.25, 0.3) is 21.8 Å². The molecule has 6 rings (SSSR count). The number of carboxylic acids is 1. The third-order valence-electron chi connectivity index (χ3n) is 6.71. The normalized spacial score (nSPS) is 10.9. The van der Waals surface area contributed by atoms with Gasteiger partial charge in [-0.05, 0) is 84.9 Å². The first-order chi connectivity index (χ1) is 23.2. The molecule has 0 aliphatic heterocycles. The van der Waals surface area contributed by atoms with Crippen molar-refractivity contribution < 1.29 is 71.3 Å². The van der Waals surface area contributed by atoms with Crippen LogP contribution in [0.2, 0.25) is 0 Å². The van der Waals surface area contributed by atoms with E-state index in [-0.39, 0.29) is 50.4 Å². The summed E-state index contributed by atoms with van der Waals surface area (Å²) in [6, 6.07) is 21.2. The molecule has 0 aliphatic carbocycles. The molecule has 0 spiro atoms. The van der Waals surface area contributed by atoms with Crippen LogP contribution >= 0.6 is 0 Å². The Bertz CT molecular complexity index is 2440. The number of carboxylic acid groups (broad SMARTS) is 1. The molecule has 8 N–H and O–H groups in total. The van der Waals surface area contributed by atoms with Crippen molar-refractivity contribution in [2.45, 2.75) is 9.79 Å². The van der Waals surface area contributed by atoms with E-state index in [1.807, 2.05) is 0 Å². The number of carbonyl (C=O) groups excluding carboxylic acids is 1. The number of esters is 1. The van der Waals surface area contributed by atoms with E-state index in [1.165, 1.54) is 49.7 Å². The molecular formula is C31H27N8NaO9S2. The maximum Gasteiger partial charge on any atom is 1.00 e. The molecule has 0 saturated heterocycles. The molecule has 0 saturated carbocycles. The fourth-order valence-corrected chi connectivity index (χ4v) is 5.31. The molecule has 0 unspecified atom stereocenters. The van der Waals surface area contributed by atoms with Crippen LogP contribution in [-0.4, -0.2) is 66.4 Å². The Morgan fingerprint density at radius 1 is 0.667 bits per heavy atom. The van der Waals surface area contributed by atoms with Gasteiger partial charge in [0.05, 0.1) is 39.1 Å². The van der Waals surface area contributed by atoms with Gasteiger partial charge in [0.25, 0.3) is 0 Å². The second-order valence-corrected chi connectivity index (χ2v) is 13.2. The van der Waals surface area contributed by atoms with Crippen molar-refractivity contribution >= 4 is 77.1 Å². The number of ether oxygens (including phenoxy) is 1. The number of nitrogens with one attached hydrogen (secondary N) is 2. The Balaban J connectivity index is 0.000000265. The molecule has 0 fully saturated rings. The first kappa shape index (κ1) is 40.3. The third-order valence-corrected chi connectivity index (χ3v) is 8.56. The summed E-state index contributed by atoms with van der Waals surface area (Å²) in [6.07, 6.45) is 3.09. The fraction of sp³-hybridized carbons (Fsp3) is 0.0323. The van der Waals surface area contributed by atoms with E-state index in [1.54, 1.807) is 54.7 Å². The van der Waals surface area contributed by atoms with Crippen molar-refractivity contribution in [2.75, 3.05) is 17.7 Å². The number of sulfonamides is 2. The maximum absolute atomic E-state index is 11.5. The summed E-state index contributed by atoms with van der Waals surface area (Å²) in [6.45, 7) is 0. The Morgan fingerprint density at radius 2 is 1.06 bits per heavy atom. The number of hydrogen-bond donors (Lipinski definition) is 5. The number of nitrogens with two attached hydrogens (primary N) is 2. The van der Waals surface area contributed by atoms with Crippen LogP contribution in [-0.2, 0) is 24.8 Å². The number of rotatable bonds is 8. The average molecular weight is 743 g/mol. The molecule has 0 radical (unpaired) electrons. The van der Waals surface area contributed by atoms with E-state index in [0.717, 1.165) is 0 Å². The van der Waals surface area contributed by atoms with Gasteiger partial charge in [0, 0.05) is 34.5 Å². The summed E-state index contributed by atoms with van der Waals surface area (Å²) in [4.78, 5) is 39.4. The van der Waals surface area contributed by atoms with Crippen molar-refractivity contribution in [3.63, 3.8) is 0 Å². The first-order valence-electron chi connectivity index (χ1n) is 13.8. The molecule has 258 valence electrons. The summed E-state index contributed by atoms with van der Waals surface area (Å²) >= 11 is 0. The van der Waals surface area contributed by atoms with Crippen LogP contribution in [0, 0.1) is 0 Å². The second-order valence-electron chi connectivity index (χ2n) is 10.1. The van der Waals surface area contributed by atoms with E-state index in [9.17, 15) is 26.4 Å². The molecule has 6 aromatic rings. The van der Waals surface area contributed by atoms with Gasteiger partial charge in [-0.2, -0.15) is 0 Å². The minimum Gasteiger partial charge on any atom is -0.870 e. The predicted octanol–water partition coefficient (Wildman–Crippen LogP) is 0.354. The van der Waals surface area contributed by atoms with Gasteiger partial charge in [-0.15, -0.1) is 0 Å². The molecule has 0 amide bonds. The number of anilines is 4. The van der Waals surface area contributed by atoms with E-state index in [2.05, 4.69) is 35.3 Å². The quantitative estimate of drug-likeness (QED) is 0.104. The summed E-state index contributed by atoms with van der Waals surface area (Å²) in [5.74, 6) is -0.816. The molecule has 0 atom stereocenters. The van der Waals surface area contributed by atoms with E-state index in [4.69, 9.17) is 15.4 Å². The molecular weight excluding hydrogens is 716 g/mol. The second kappa shape index (κ2) is 16.7. The van der Waals surface area contributed by atoms with Gasteiger partial charge in [-0.1, -0.05) is 0 Å². The standard InChI is InChI=1S/C16H14N4O4S.C15H12N4O4S.Na.H2O/c1-24-15(21)10-2-7-14-11(8-10)9-18-16(20-14)19-12-3-5-13(6-4-12)25(17,22)23;16-24(22,23)12-4-2-11(3-5-12)18-15-17-8-10-7-9(14(20)21)1-6-13(10)19-15;;/h2-9H,1H3,(H2,17,22,23)(H,18,19,20);1-8H,(H,20,21)(H2,16,22,23)(H,17,18,19);;1H2/q;;+1;/p-1. The Kier molecular flexibility index (Phi) is 13.2. The predicted molar refractivity (Wildman–Crippen MR) is 182 cm³/mol. The van der Waals surface area contributed by atoms with Crippen molar-refractivity contribution in [1.82, 2.24) is 19.9 Å². The number of fused-ring (bicyclic) bond motifs is 2. The number of aromatic nitrogens is 4. The number of methoxy groups -OCH3 is 1.